The summed E-state index contributed by atoms with van der Waals surface area (Å²) in [6, 6.07) is 13.8. The molecule has 0 spiro atoms. The van der Waals surface area contributed by atoms with E-state index < -0.39 is 0 Å². The third kappa shape index (κ3) is 3.68. The molecule has 0 heterocycles. The van der Waals surface area contributed by atoms with E-state index >= 15 is 0 Å². The molecule has 0 aromatic heterocycles. The molecule has 0 aliphatic heterocycles. The van der Waals surface area contributed by atoms with Crippen molar-refractivity contribution in [2.45, 2.75) is 6.92 Å². The first kappa shape index (κ1) is 13.8. The molecular formula is C16H16FN3. The maximum atomic E-state index is 13.1. The van der Waals surface area contributed by atoms with E-state index in [1.165, 1.54) is 12.1 Å². The first-order valence-corrected chi connectivity index (χ1v) is 6.17. The van der Waals surface area contributed by atoms with Crippen LogP contribution in [0, 0.1) is 12.7 Å². The summed E-state index contributed by atoms with van der Waals surface area (Å²) in [6.45, 7) is 5.78. The fourth-order valence-corrected chi connectivity index (χ4v) is 1.78. The Labute approximate surface area is 117 Å². The number of anilines is 1. The lowest BCUT2D eigenvalue weighted by Crippen LogP contribution is -2.22. The molecule has 3 nitrogen and oxygen atoms in total. The van der Waals surface area contributed by atoms with Crippen LogP contribution in [0.5, 0.6) is 0 Å². The van der Waals surface area contributed by atoms with Gasteiger partial charge in [0.05, 0.1) is 5.70 Å². The number of nitrogens with one attached hydrogen (secondary N) is 1. The number of rotatable bonds is 3. The maximum Gasteiger partial charge on any atom is 0.198 e. The van der Waals surface area contributed by atoms with Crippen LogP contribution in [0.3, 0.4) is 0 Å². The van der Waals surface area contributed by atoms with Gasteiger partial charge in [-0.1, -0.05) is 30.8 Å². The summed E-state index contributed by atoms with van der Waals surface area (Å²) in [5.74, 6) is -0.117. The largest absolute Gasteiger partial charge is 0.369 e. The number of halogens is 1. The molecule has 2 rings (SSSR count). The Balaban J connectivity index is 2.12. The predicted molar refractivity (Wildman–Crippen MR) is 81.9 cm³/mol. The van der Waals surface area contributed by atoms with Gasteiger partial charge in [0.15, 0.2) is 5.96 Å². The van der Waals surface area contributed by atoms with Crippen molar-refractivity contribution in [1.29, 1.82) is 0 Å². The second-order valence-corrected chi connectivity index (χ2v) is 4.45. The molecule has 20 heavy (non-hydrogen) atoms. The Morgan fingerprint density at radius 2 is 1.95 bits per heavy atom. The van der Waals surface area contributed by atoms with Gasteiger partial charge >= 0.3 is 0 Å². The molecule has 4 heteroatoms. The minimum absolute atomic E-state index is 0.213. The zero-order chi connectivity index (χ0) is 14.5. The van der Waals surface area contributed by atoms with Crippen molar-refractivity contribution in [1.82, 2.24) is 0 Å². The van der Waals surface area contributed by atoms with E-state index in [1.54, 1.807) is 12.1 Å². The van der Waals surface area contributed by atoms with Gasteiger partial charge in [-0.2, -0.15) is 0 Å². The zero-order valence-electron chi connectivity index (χ0n) is 11.2. The highest BCUT2D eigenvalue weighted by atomic mass is 19.1. The van der Waals surface area contributed by atoms with Gasteiger partial charge in [0.25, 0.3) is 0 Å². The topological polar surface area (TPSA) is 50.4 Å². The van der Waals surface area contributed by atoms with Crippen LogP contribution in [-0.2, 0) is 0 Å². The molecule has 2 aromatic rings. The number of guanidine groups is 1. The van der Waals surface area contributed by atoms with Crippen LogP contribution < -0.4 is 11.1 Å². The van der Waals surface area contributed by atoms with Crippen LogP contribution in [0.1, 0.15) is 11.1 Å². The molecule has 0 saturated carbocycles. The average molecular weight is 269 g/mol. The van der Waals surface area contributed by atoms with Gasteiger partial charge in [-0.05, 0) is 36.8 Å². The van der Waals surface area contributed by atoms with Gasteiger partial charge in [0.2, 0.25) is 0 Å². The van der Waals surface area contributed by atoms with E-state index in [4.69, 9.17) is 5.73 Å². The number of hydrogen-bond donors (Lipinski definition) is 2. The Kier molecular flexibility index (Phi) is 4.15. The molecule has 0 atom stereocenters. The lowest BCUT2D eigenvalue weighted by molar-refractivity contribution is 0.627. The third-order valence-corrected chi connectivity index (χ3v) is 2.70. The summed E-state index contributed by atoms with van der Waals surface area (Å²) in [4.78, 5) is 4.14. The third-order valence-electron chi connectivity index (χ3n) is 2.70. The zero-order valence-corrected chi connectivity index (χ0v) is 11.2. The van der Waals surface area contributed by atoms with E-state index in [-0.39, 0.29) is 11.8 Å². The van der Waals surface area contributed by atoms with Crippen molar-refractivity contribution in [3.63, 3.8) is 0 Å². The summed E-state index contributed by atoms with van der Waals surface area (Å²) in [7, 11) is 0. The predicted octanol–water partition coefficient (Wildman–Crippen LogP) is 3.53. The lowest BCUT2D eigenvalue weighted by atomic mass is 10.2. The highest BCUT2D eigenvalue weighted by Crippen LogP contribution is 2.15. The van der Waals surface area contributed by atoms with Gasteiger partial charge < -0.3 is 11.1 Å². The van der Waals surface area contributed by atoms with E-state index in [2.05, 4.69) is 16.9 Å². The van der Waals surface area contributed by atoms with Crippen molar-refractivity contribution in [2.24, 2.45) is 10.7 Å². The van der Waals surface area contributed by atoms with E-state index in [0.717, 1.165) is 11.3 Å². The molecule has 0 amide bonds. The minimum Gasteiger partial charge on any atom is -0.369 e. The normalized spacial score (nSPS) is 11.2. The summed E-state index contributed by atoms with van der Waals surface area (Å²) < 4.78 is 13.1. The molecular weight excluding hydrogens is 253 g/mol. The minimum atomic E-state index is -0.330. The molecule has 2 aromatic carbocycles. The van der Waals surface area contributed by atoms with Crippen molar-refractivity contribution in [3.8, 4) is 0 Å². The van der Waals surface area contributed by atoms with E-state index in [0.29, 0.717) is 11.3 Å². The number of nitrogens with two attached hydrogens (primary N) is 1. The summed E-state index contributed by atoms with van der Waals surface area (Å²) in [6.07, 6.45) is 0. The molecule has 0 bridgehead atoms. The van der Waals surface area contributed by atoms with Crippen LogP contribution in [0.15, 0.2) is 60.1 Å². The molecule has 0 fully saturated rings. The molecule has 0 aliphatic carbocycles. The van der Waals surface area contributed by atoms with E-state index in [9.17, 15) is 4.39 Å². The number of aliphatic imine (C=N–C) groups is 1. The van der Waals surface area contributed by atoms with Gasteiger partial charge in [0, 0.05) is 11.3 Å². The van der Waals surface area contributed by atoms with Crippen LogP contribution in [0.4, 0.5) is 10.1 Å². The molecule has 0 aliphatic rings. The monoisotopic (exact) mass is 269 g/mol. The van der Waals surface area contributed by atoms with Crippen molar-refractivity contribution in [2.75, 3.05) is 5.32 Å². The van der Waals surface area contributed by atoms with Crippen molar-refractivity contribution in [3.05, 3.63) is 72.1 Å². The van der Waals surface area contributed by atoms with Gasteiger partial charge in [0.1, 0.15) is 5.82 Å². The molecule has 0 radical (unpaired) electrons. The van der Waals surface area contributed by atoms with E-state index in [1.807, 2.05) is 31.2 Å². The fourth-order valence-electron chi connectivity index (χ4n) is 1.78. The number of nitrogens with zero attached hydrogens (tertiary/aromatic N) is 1. The van der Waals surface area contributed by atoms with Gasteiger partial charge in [-0.3, -0.25) is 0 Å². The molecule has 102 valence electrons. The summed E-state index contributed by atoms with van der Waals surface area (Å²) >= 11 is 0. The summed E-state index contributed by atoms with van der Waals surface area (Å²) in [5.41, 5.74) is 8.78. The number of benzene rings is 2. The Morgan fingerprint density at radius 3 is 2.65 bits per heavy atom. The number of hydrogen-bond acceptors (Lipinski definition) is 1. The second-order valence-electron chi connectivity index (χ2n) is 4.45. The SMILES string of the molecule is C=C(N=C(N)Nc1cccc(C)c1)c1cccc(F)c1. The molecule has 3 N–H and O–H groups in total. The first-order chi connectivity index (χ1) is 9.54. The Bertz CT molecular complexity index is 662. The van der Waals surface area contributed by atoms with Crippen LogP contribution in [0.25, 0.3) is 5.70 Å². The van der Waals surface area contributed by atoms with Crippen molar-refractivity contribution < 1.29 is 4.39 Å². The lowest BCUT2D eigenvalue weighted by Gasteiger charge is -2.07. The summed E-state index contributed by atoms with van der Waals surface area (Å²) in [5, 5.41) is 2.97. The smallest absolute Gasteiger partial charge is 0.198 e. The molecule has 0 unspecified atom stereocenters. The van der Waals surface area contributed by atoms with Crippen LogP contribution in [-0.4, -0.2) is 5.96 Å². The quantitative estimate of drug-likeness (QED) is 0.661. The maximum absolute atomic E-state index is 13.1. The highest BCUT2D eigenvalue weighted by molar-refractivity contribution is 5.95. The van der Waals surface area contributed by atoms with Crippen molar-refractivity contribution >= 4 is 17.3 Å². The van der Waals surface area contributed by atoms with Crippen LogP contribution >= 0.6 is 0 Å². The highest BCUT2D eigenvalue weighted by Gasteiger charge is 2.01. The van der Waals surface area contributed by atoms with Gasteiger partial charge in [-0.15, -0.1) is 0 Å². The fraction of sp³-hybridized carbons (Fsp3) is 0.0625. The average Bonchev–Trinajstić information content (AvgIpc) is 2.38. The Morgan fingerprint density at radius 1 is 1.20 bits per heavy atom. The van der Waals surface area contributed by atoms with Gasteiger partial charge in [-0.25, -0.2) is 9.38 Å². The molecule has 0 saturated heterocycles. The first-order valence-electron chi connectivity index (χ1n) is 6.17. The number of aryl methyl sites for hydroxylation is 1. The second kappa shape index (κ2) is 6.02. The van der Waals surface area contributed by atoms with Crippen LogP contribution in [0.2, 0.25) is 0 Å². The standard InChI is InChI=1S/C16H16FN3/c1-11-5-3-8-15(9-11)20-16(18)19-12(2)13-6-4-7-14(17)10-13/h3-10H,2H2,1H3,(H3,18,19,20). The Hall–Kier alpha value is -2.62.